The van der Waals surface area contributed by atoms with E-state index >= 15 is 0 Å². The van der Waals surface area contributed by atoms with Gasteiger partial charge in [0.25, 0.3) is 0 Å². The van der Waals surface area contributed by atoms with E-state index in [9.17, 15) is 9.59 Å². The fraction of sp³-hybridized carbons (Fsp3) is 0.846. The van der Waals surface area contributed by atoms with E-state index in [1.807, 2.05) is 11.8 Å². The number of nitrogens with zero attached hydrogens (tertiary/aromatic N) is 1. The number of amides is 2. The average Bonchev–Trinajstić information content (AvgIpc) is 3.10. The first-order chi connectivity index (χ1) is 8.63. The van der Waals surface area contributed by atoms with Crippen LogP contribution in [0.4, 0.5) is 0 Å². The zero-order chi connectivity index (χ0) is 12.7. The van der Waals surface area contributed by atoms with E-state index in [2.05, 4.69) is 5.32 Å². The Hall–Kier alpha value is -1.10. The molecule has 3 rings (SSSR count). The summed E-state index contributed by atoms with van der Waals surface area (Å²) in [4.78, 5) is 25.4. The number of carbonyl (C=O) groups is 2. The number of morpholine rings is 1. The first-order valence-electron chi connectivity index (χ1n) is 6.87. The number of hydrogen-bond acceptors (Lipinski definition) is 3. The van der Waals surface area contributed by atoms with E-state index in [1.165, 1.54) is 12.8 Å². The summed E-state index contributed by atoms with van der Waals surface area (Å²) in [5.74, 6) is 0.705. The minimum atomic E-state index is -0.303. The van der Waals surface area contributed by atoms with Gasteiger partial charge in [0, 0.05) is 19.5 Å². The van der Waals surface area contributed by atoms with E-state index < -0.39 is 0 Å². The normalized spacial score (nSPS) is 36.6. The highest BCUT2D eigenvalue weighted by Crippen LogP contribution is 2.36. The molecule has 100 valence electrons. The first-order valence-corrected chi connectivity index (χ1v) is 6.87. The Balaban J connectivity index is 1.63. The van der Waals surface area contributed by atoms with Gasteiger partial charge in [-0.2, -0.15) is 0 Å². The predicted molar refractivity (Wildman–Crippen MR) is 64.8 cm³/mol. The highest BCUT2D eigenvalue weighted by molar-refractivity contribution is 5.90. The molecule has 1 aliphatic carbocycles. The summed E-state index contributed by atoms with van der Waals surface area (Å²) in [6.07, 6.45) is 3.86. The van der Waals surface area contributed by atoms with Crippen LogP contribution < -0.4 is 5.32 Å². The van der Waals surface area contributed by atoms with E-state index in [0.29, 0.717) is 31.8 Å². The molecule has 18 heavy (non-hydrogen) atoms. The highest BCUT2D eigenvalue weighted by Gasteiger charge is 2.40. The van der Waals surface area contributed by atoms with Crippen LogP contribution in [0.25, 0.3) is 0 Å². The summed E-state index contributed by atoms with van der Waals surface area (Å²) >= 11 is 0. The second kappa shape index (κ2) is 4.53. The largest absolute Gasteiger partial charge is 0.371 e. The van der Waals surface area contributed by atoms with Crippen LogP contribution in [0.3, 0.4) is 0 Å². The first kappa shape index (κ1) is 12.0. The molecule has 0 spiro atoms. The lowest BCUT2D eigenvalue weighted by Gasteiger charge is -2.38. The Morgan fingerprint density at radius 3 is 2.72 bits per heavy atom. The molecular weight excluding hydrogens is 232 g/mol. The fourth-order valence-corrected chi connectivity index (χ4v) is 2.91. The van der Waals surface area contributed by atoms with Gasteiger partial charge in [0.1, 0.15) is 6.04 Å². The van der Waals surface area contributed by atoms with Gasteiger partial charge in [0.2, 0.25) is 11.8 Å². The predicted octanol–water partition coefficient (Wildman–Crippen LogP) is 0.291. The Labute approximate surface area is 107 Å². The summed E-state index contributed by atoms with van der Waals surface area (Å²) in [5, 5.41) is 2.75. The summed E-state index contributed by atoms with van der Waals surface area (Å²) in [5.41, 5.74) is 0. The van der Waals surface area contributed by atoms with E-state index in [-0.39, 0.29) is 30.1 Å². The highest BCUT2D eigenvalue weighted by atomic mass is 16.5. The van der Waals surface area contributed by atoms with E-state index in [1.54, 1.807) is 0 Å². The van der Waals surface area contributed by atoms with Gasteiger partial charge in [-0.05, 0) is 32.1 Å². The van der Waals surface area contributed by atoms with Gasteiger partial charge in [-0.15, -0.1) is 0 Å². The lowest BCUT2D eigenvalue weighted by Crippen LogP contribution is -2.54. The van der Waals surface area contributed by atoms with Gasteiger partial charge in [-0.25, -0.2) is 0 Å². The summed E-state index contributed by atoms with van der Waals surface area (Å²) in [6, 6.07) is -0.303. The maximum absolute atomic E-state index is 12.3. The van der Waals surface area contributed by atoms with Gasteiger partial charge in [0.15, 0.2) is 0 Å². The number of hydrogen-bond donors (Lipinski definition) is 1. The van der Waals surface area contributed by atoms with Crippen molar-refractivity contribution in [2.45, 2.75) is 50.9 Å². The molecule has 2 heterocycles. The van der Waals surface area contributed by atoms with Gasteiger partial charge in [0.05, 0.1) is 12.2 Å². The van der Waals surface area contributed by atoms with Crippen LogP contribution in [0.5, 0.6) is 0 Å². The topological polar surface area (TPSA) is 58.6 Å². The van der Waals surface area contributed by atoms with Crippen molar-refractivity contribution in [3.63, 3.8) is 0 Å². The van der Waals surface area contributed by atoms with E-state index in [0.717, 1.165) is 0 Å². The number of nitrogens with one attached hydrogen (secondary N) is 1. The standard InChI is InChI=1S/C13H20N2O3/c1-8-6-15(7-11(18-8)9-2-3-9)13(17)10-4-5-12(16)14-10/h8-11H,2-7H2,1H3,(H,14,16)/t8-,10+,11-/m0/s1. The van der Waals surface area contributed by atoms with Gasteiger partial charge < -0.3 is 15.0 Å². The molecule has 0 unspecified atom stereocenters. The molecule has 0 aromatic rings. The molecule has 0 aromatic heterocycles. The molecule has 0 aromatic carbocycles. The molecule has 3 fully saturated rings. The van der Waals surface area contributed by atoms with Crippen molar-refractivity contribution in [3.05, 3.63) is 0 Å². The third-order valence-corrected chi connectivity index (χ3v) is 4.04. The molecule has 0 radical (unpaired) electrons. The van der Waals surface area contributed by atoms with Crippen molar-refractivity contribution in [3.8, 4) is 0 Å². The van der Waals surface area contributed by atoms with Crippen molar-refractivity contribution in [2.75, 3.05) is 13.1 Å². The minimum Gasteiger partial charge on any atom is -0.371 e. The maximum atomic E-state index is 12.3. The Bertz CT molecular complexity index is 367. The summed E-state index contributed by atoms with van der Waals surface area (Å²) in [6.45, 7) is 3.36. The fourth-order valence-electron chi connectivity index (χ4n) is 2.91. The third kappa shape index (κ3) is 2.36. The van der Waals surface area contributed by atoms with Gasteiger partial charge in [-0.1, -0.05) is 0 Å². The molecule has 5 heteroatoms. The number of ether oxygens (including phenoxy) is 1. The molecule has 2 saturated heterocycles. The second-order valence-corrected chi connectivity index (χ2v) is 5.72. The Kier molecular flexibility index (Phi) is 3.01. The van der Waals surface area contributed by atoms with E-state index in [4.69, 9.17) is 4.74 Å². The van der Waals surface area contributed by atoms with Crippen LogP contribution in [0.15, 0.2) is 0 Å². The SMILES string of the molecule is C[C@H]1CN(C(=O)[C@H]2CCC(=O)N2)C[C@@H](C2CC2)O1. The number of rotatable bonds is 2. The molecule has 1 saturated carbocycles. The van der Waals surface area contributed by atoms with Crippen molar-refractivity contribution >= 4 is 11.8 Å². The minimum absolute atomic E-state index is 0.00611. The van der Waals surface area contributed by atoms with Crippen LogP contribution >= 0.6 is 0 Å². The molecule has 2 aliphatic heterocycles. The van der Waals surface area contributed by atoms with Gasteiger partial charge in [-0.3, -0.25) is 9.59 Å². The van der Waals surface area contributed by atoms with Crippen molar-refractivity contribution < 1.29 is 14.3 Å². The average molecular weight is 252 g/mol. The molecule has 3 atom stereocenters. The summed E-state index contributed by atoms with van der Waals surface area (Å²) < 4.78 is 5.89. The third-order valence-electron chi connectivity index (χ3n) is 4.04. The smallest absolute Gasteiger partial charge is 0.245 e. The molecular formula is C13H20N2O3. The zero-order valence-corrected chi connectivity index (χ0v) is 10.7. The number of carbonyl (C=O) groups excluding carboxylic acids is 2. The van der Waals surface area contributed by atoms with Crippen LogP contribution in [0, 0.1) is 5.92 Å². The monoisotopic (exact) mass is 252 g/mol. The van der Waals surface area contributed by atoms with Gasteiger partial charge >= 0.3 is 0 Å². The van der Waals surface area contributed by atoms with Crippen LogP contribution in [0.1, 0.15) is 32.6 Å². The van der Waals surface area contributed by atoms with Crippen molar-refractivity contribution in [2.24, 2.45) is 5.92 Å². The van der Waals surface area contributed by atoms with Crippen LogP contribution in [-0.4, -0.2) is 48.1 Å². The molecule has 3 aliphatic rings. The molecule has 1 N–H and O–H groups in total. The van der Waals surface area contributed by atoms with Crippen LogP contribution in [-0.2, 0) is 14.3 Å². The summed E-state index contributed by atoms with van der Waals surface area (Å²) in [7, 11) is 0. The molecule has 2 amide bonds. The lowest BCUT2D eigenvalue weighted by molar-refractivity contribution is -0.148. The quantitative estimate of drug-likeness (QED) is 0.768. The van der Waals surface area contributed by atoms with Crippen molar-refractivity contribution in [1.82, 2.24) is 10.2 Å². The zero-order valence-electron chi connectivity index (χ0n) is 10.7. The lowest BCUT2D eigenvalue weighted by atomic mass is 10.1. The Morgan fingerprint density at radius 2 is 2.11 bits per heavy atom. The molecule has 0 bridgehead atoms. The second-order valence-electron chi connectivity index (χ2n) is 5.72. The Morgan fingerprint density at radius 1 is 1.33 bits per heavy atom. The van der Waals surface area contributed by atoms with Crippen molar-refractivity contribution in [1.29, 1.82) is 0 Å². The maximum Gasteiger partial charge on any atom is 0.245 e. The molecule has 5 nitrogen and oxygen atoms in total. The van der Waals surface area contributed by atoms with Crippen LogP contribution in [0.2, 0.25) is 0 Å².